The number of imide groups is 1. The first kappa shape index (κ1) is 18.9. The number of unbranched alkanes of at least 4 members (excludes halogenated alkanes) is 10. The summed E-state index contributed by atoms with van der Waals surface area (Å²) in [6, 6.07) is 0. The smallest absolute Gasteiger partial charge is 0.413 e. The van der Waals surface area contributed by atoms with Crippen molar-refractivity contribution < 1.29 is 14.3 Å². The van der Waals surface area contributed by atoms with Crippen LogP contribution in [0, 0.1) is 0 Å². The van der Waals surface area contributed by atoms with Gasteiger partial charge in [-0.05, 0) is 6.42 Å². The molecular formula is C16H31NO3. The summed E-state index contributed by atoms with van der Waals surface area (Å²) in [5.74, 6) is -0.243. The van der Waals surface area contributed by atoms with Crippen molar-refractivity contribution in [1.29, 1.82) is 0 Å². The number of amides is 2. The highest BCUT2D eigenvalue weighted by Gasteiger charge is 2.06. The first-order valence-electron chi connectivity index (χ1n) is 8.08. The number of ether oxygens (including phenoxy) is 1. The Morgan fingerprint density at radius 1 is 0.800 bits per heavy atom. The van der Waals surface area contributed by atoms with Gasteiger partial charge in [0, 0.05) is 6.42 Å². The number of hydrogen-bond acceptors (Lipinski definition) is 3. The van der Waals surface area contributed by atoms with Gasteiger partial charge in [-0.2, -0.15) is 0 Å². The van der Waals surface area contributed by atoms with Gasteiger partial charge in [0.05, 0.1) is 7.11 Å². The summed E-state index contributed by atoms with van der Waals surface area (Å²) < 4.78 is 4.36. The fraction of sp³-hybridized carbons (Fsp3) is 0.875. The van der Waals surface area contributed by atoms with Crippen LogP contribution in [-0.2, 0) is 9.53 Å². The average molecular weight is 285 g/mol. The van der Waals surface area contributed by atoms with E-state index < -0.39 is 6.09 Å². The van der Waals surface area contributed by atoms with Crippen LogP contribution in [0.3, 0.4) is 0 Å². The topological polar surface area (TPSA) is 55.4 Å². The second-order valence-corrected chi connectivity index (χ2v) is 5.33. The molecule has 0 aromatic heterocycles. The van der Waals surface area contributed by atoms with E-state index in [9.17, 15) is 9.59 Å². The molecular weight excluding hydrogens is 254 g/mol. The maximum atomic E-state index is 11.3. The van der Waals surface area contributed by atoms with Crippen LogP contribution in [0.1, 0.15) is 84.0 Å². The molecule has 0 saturated heterocycles. The van der Waals surface area contributed by atoms with Crippen molar-refractivity contribution in [2.75, 3.05) is 7.11 Å². The van der Waals surface area contributed by atoms with Crippen LogP contribution in [0.2, 0.25) is 0 Å². The lowest BCUT2D eigenvalue weighted by atomic mass is 10.1. The molecule has 0 atom stereocenters. The zero-order chi connectivity index (χ0) is 15.1. The van der Waals surface area contributed by atoms with E-state index in [0.29, 0.717) is 6.42 Å². The molecule has 0 bridgehead atoms. The predicted molar refractivity (Wildman–Crippen MR) is 81.6 cm³/mol. The van der Waals surface area contributed by atoms with Gasteiger partial charge in [-0.3, -0.25) is 10.1 Å². The van der Waals surface area contributed by atoms with Crippen LogP contribution in [0.5, 0.6) is 0 Å². The Kier molecular flexibility index (Phi) is 13.6. The molecule has 0 rings (SSSR count). The van der Waals surface area contributed by atoms with Gasteiger partial charge in [-0.25, -0.2) is 4.79 Å². The molecule has 0 heterocycles. The number of carbonyl (C=O) groups is 2. The van der Waals surface area contributed by atoms with Crippen molar-refractivity contribution in [3.63, 3.8) is 0 Å². The Hall–Kier alpha value is -1.06. The van der Waals surface area contributed by atoms with Gasteiger partial charge in [0.2, 0.25) is 5.91 Å². The molecule has 4 heteroatoms. The van der Waals surface area contributed by atoms with Crippen molar-refractivity contribution in [3.8, 4) is 0 Å². The Bertz CT molecular complexity index is 254. The summed E-state index contributed by atoms with van der Waals surface area (Å²) in [6.45, 7) is 2.24. The quantitative estimate of drug-likeness (QED) is 0.534. The molecule has 0 aromatic carbocycles. The van der Waals surface area contributed by atoms with Crippen molar-refractivity contribution in [2.45, 2.75) is 84.0 Å². The summed E-state index contributed by atoms with van der Waals surface area (Å²) in [7, 11) is 1.25. The third kappa shape index (κ3) is 13.4. The summed E-state index contributed by atoms with van der Waals surface area (Å²) in [4.78, 5) is 22.0. The molecule has 118 valence electrons. The third-order valence-corrected chi connectivity index (χ3v) is 3.43. The largest absolute Gasteiger partial charge is 0.453 e. The van der Waals surface area contributed by atoms with Crippen LogP contribution in [0.25, 0.3) is 0 Å². The predicted octanol–water partition coefficient (Wildman–Crippen LogP) is 4.57. The van der Waals surface area contributed by atoms with E-state index in [1.54, 1.807) is 0 Å². The number of rotatable bonds is 12. The molecule has 0 aromatic rings. The average Bonchev–Trinajstić information content (AvgIpc) is 2.44. The van der Waals surface area contributed by atoms with Crippen molar-refractivity contribution in [1.82, 2.24) is 5.32 Å². The molecule has 0 radical (unpaired) electrons. The number of hydrogen-bond donors (Lipinski definition) is 1. The molecule has 0 aliphatic rings. The number of nitrogens with one attached hydrogen (secondary N) is 1. The van der Waals surface area contributed by atoms with E-state index in [1.807, 2.05) is 0 Å². The maximum Gasteiger partial charge on any atom is 0.413 e. The summed E-state index contributed by atoms with van der Waals surface area (Å²) in [5, 5.41) is 2.17. The van der Waals surface area contributed by atoms with Crippen LogP contribution < -0.4 is 5.32 Å². The highest BCUT2D eigenvalue weighted by atomic mass is 16.5. The lowest BCUT2D eigenvalue weighted by molar-refractivity contribution is -0.120. The molecule has 0 spiro atoms. The lowest BCUT2D eigenvalue weighted by Gasteiger charge is -2.03. The van der Waals surface area contributed by atoms with Crippen molar-refractivity contribution >= 4 is 12.0 Å². The molecule has 0 aliphatic heterocycles. The van der Waals surface area contributed by atoms with E-state index >= 15 is 0 Å². The summed E-state index contributed by atoms with van der Waals surface area (Å²) in [6.07, 6.45) is 13.5. The van der Waals surface area contributed by atoms with Gasteiger partial charge in [0.1, 0.15) is 0 Å². The molecule has 2 amide bonds. The van der Waals surface area contributed by atoms with Crippen molar-refractivity contribution in [3.05, 3.63) is 0 Å². The van der Waals surface area contributed by atoms with Crippen LogP contribution in [0.4, 0.5) is 4.79 Å². The van der Waals surface area contributed by atoms with Gasteiger partial charge < -0.3 is 4.74 Å². The molecule has 4 nitrogen and oxygen atoms in total. The van der Waals surface area contributed by atoms with E-state index in [-0.39, 0.29) is 5.91 Å². The molecule has 0 aliphatic carbocycles. The SMILES string of the molecule is CCCCCCCCCCCCCC(=O)NC(=O)OC. The standard InChI is InChI=1S/C16H31NO3/c1-3-4-5-6-7-8-9-10-11-12-13-14-15(18)17-16(19)20-2/h3-14H2,1-2H3,(H,17,18,19). The molecule has 0 saturated carbocycles. The number of alkyl carbamates (subject to hydrolysis) is 1. The Labute approximate surface area is 123 Å². The summed E-state index contributed by atoms with van der Waals surface area (Å²) in [5.41, 5.74) is 0. The van der Waals surface area contributed by atoms with Crippen LogP contribution in [0.15, 0.2) is 0 Å². The minimum Gasteiger partial charge on any atom is -0.453 e. The second kappa shape index (κ2) is 14.4. The molecule has 0 unspecified atom stereocenters. The monoisotopic (exact) mass is 285 g/mol. The lowest BCUT2D eigenvalue weighted by Crippen LogP contribution is -2.29. The Morgan fingerprint density at radius 2 is 1.25 bits per heavy atom. The number of methoxy groups -OCH3 is 1. The van der Waals surface area contributed by atoms with Crippen LogP contribution in [-0.4, -0.2) is 19.1 Å². The second-order valence-electron chi connectivity index (χ2n) is 5.33. The first-order chi connectivity index (χ1) is 9.70. The van der Waals surface area contributed by atoms with Gasteiger partial charge in [-0.1, -0.05) is 71.1 Å². The van der Waals surface area contributed by atoms with Crippen molar-refractivity contribution in [2.24, 2.45) is 0 Å². The van der Waals surface area contributed by atoms with Crippen LogP contribution >= 0.6 is 0 Å². The number of carbonyl (C=O) groups excluding carboxylic acids is 2. The molecule has 0 fully saturated rings. The minimum atomic E-state index is -0.668. The zero-order valence-electron chi connectivity index (χ0n) is 13.2. The molecule has 20 heavy (non-hydrogen) atoms. The first-order valence-corrected chi connectivity index (χ1v) is 8.08. The normalized spacial score (nSPS) is 10.3. The molecule has 1 N–H and O–H groups in total. The summed E-state index contributed by atoms with van der Waals surface area (Å²) >= 11 is 0. The van der Waals surface area contributed by atoms with E-state index in [1.165, 1.54) is 64.9 Å². The zero-order valence-corrected chi connectivity index (χ0v) is 13.2. The van der Waals surface area contributed by atoms with Gasteiger partial charge in [0.15, 0.2) is 0 Å². The van der Waals surface area contributed by atoms with E-state index in [0.717, 1.165) is 12.8 Å². The highest BCUT2D eigenvalue weighted by molar-refractivity contribution is 5.91. The highest BCUT2D eigenvalue weighted by Crippen LogP contribution is 2.11. The Morgan fingerprint density at radius 3 is 1.70 bits per heavy atom. The fourth-order valence-electron chi connectivity index (χ4n) is 2.18. The van der Waals surface area contributed by atoms with Gasteiger partial charge >= 0.3 is 6.09 Å². The Balaban J connectivity index is 3.16. The maximum absolute atomic E-state index is 11.3. The minimum absolute atomic E-state index is 0.243. The van der Waals surface area contributed by atoms with Gasteiger partial charge in [0.25, 0.3) is 0 Å². The van der Waals surface area contributed by atoms with E-state index in [2.05, 4.69) is 17.0 Å². The van der Waals surface area contributed by atoms with E-state index in [4.69, 9.17) is 0 Å². The van der Waals surface area contributed by atoms with Gasteiger partial charge in [-0.15, -0.1) is 0 Å². The third-order valence-electron chi connectivity index (χ3n) is 3.43. The fourth-order valence-corrected chi connectivity index (χ4v) is 2.18.